The van der Waals surface area contributed by atoms with Crippen molar-refractivity contribution in [2.45, 2.75) is 26.9 Å². The molecule has 25 heavy (non-hydrogen) atoms. The molecule has 0 bridgehead atoms. The van der Waals surface area contributed by atoms with Crippen LogP contribution in [0.2, 0.25) is 0 Å². The van der Waals surface area contributed by atoms with Crippen LogP contribution >= 0.6 is 0 Å². The molecule has 1 amide bonds. The van der Waals surface area contributed by atoms with Gasteiger partial charge in [-0.15, -0.1) is 0 Å². The quantitative estimate of drug-likeness (QED) is 0.611. The first-order chi connectivity index (χ1) is 11.9. The highest BCUT2D eigenvalue weighted by atomic mass is 16.6. The topological polar surface area (TPSA) is 90.7 Å². The molecule has 7 nitrogen and oxygen atoms in total. The first-order valence-electron chi connectivity index (χ1n) is 7.86. The van der Waals surface area contributed by atoms with Crippen molar-refractivity contribution >= 4 is 17.3 Å². The summed E-state index contributed by atoms with van der Waals surface area (Å²) >= 11 is 0. The second-order valence-corrected chi connectivity index (χ2v) is 5.44. The molecule has 7 heteroatoms. The number of rotatable bonds is 7. The summed E-state index contributed by atoms with van der Waals surface area (Å²) in [5, 5.41) is 13.8. The Hall–Kier alpha value is -3.09. The number of ether oxygens (including phenoxy) is 2. The van der Waals surface area contributed by atoms with Gasteiger partial charge in [0.15, 0.2) is 11.9 Å². The van der Waals surface area contributed by atoms with Gasteiger partial charge in [0.05, 0.1) is 11.5 Å². The highest BCUT2D eigenvalue weighted by Gasteiger charge is 2.21. The van der Waals surface area contributed by atoms with Gasteiger partial charge in [-0.05, 0) is 56.7 Å². The number of amides is 1. The van der Waals surface area contributed by atoms with Crippen LogP contribution in [0.25, 0.3) is 0 Å². The van der Waals surface area contributed by atoms with E-state index in [-0.39, 0.29) is 11.4 Å². The maximum Gasteiger partial charge on any atom is 0.311 e. The molecule has 0 aromatic heterocycles. The van der Waals surface area contributed by atoms with Crippen LogP contribution in [0.1, 0.15) is 19.4 Å². The first-order valence-corrected chi connectivity index (χ1v) is 7.86. The number of nitrogens with one attached hydrogen (secondary N) is 1. The Morgan fingerprint density at radius 2 is 1.92 bits per heavy atom. The fraction of sp³-hybridized carbons (Fsp3) is 0.278. The minimum absolute atomic E-state index is 0.0601. The molecule has 0 saturated carbocycles. The monoisotopic (exact) mass is 344 g/mol. The minimum Gasteiger partial charge on any atom is -0.494 e. The summed E-state index contributed by atoms with van der Waals surface area (Å²) in [6, 6.07) is 11.5. The number of hydrogen-bond donors (Lipinski definition) is 1. The van der Waals surface area contributed by atoms with Gasteiger partial charge in [-0.1, -0.05) is 6.07 Å². The van der Waals surface area contributed by atoms with E-state index in [2.05, 4.69) is 5.32 Å². The molecule has 0 fully saturated rings. The normalized spacial score (nSPS) is 11.5. The third kappa shape index (κ3) is 4.94. The van der Waals surface area contributed by atoms with Crippen molar-refractivity contribution in [2.24, 2.45) is 0 Å². The fourth-order valence-electron chi connectivity index (χ4n) is 2.16. The maximum absolute atomic E-state index is 12.2. The molecule has 0 spiro atoms. The predicted octanol–water partition coefficient (Wildman–Crippen LogP) is 3.71. The number of benzene rings is 2. The van der Waals surface area contributed by atoms with Gasteiger partial charge in [-0.2, -0.15) is 0 Å². The Morgan fingerprint density at radius 1 is 1.24 bits per heavy atom. The summed E-state index contributed by atoms with van der Waals surface area (Å²) in [6.45, 7) is 5.73. The summed E-state index contributed by atoms with van der Waals surface area (Å²) in [4.78, 5) is 22.8. The van der Waals surface area contributed by atoms with E-state index in [1.807, 2.05) is 6.92 Å². The van der Waals surface area contributed by atoms with E-state index in [1.165, 1.54) is 19.1 Å². The first kappa shape index (κ1) is 18.3. The Labute approximate surface area is 145 Å². The van der Waals surface area contributed by atoms with Crippen molar-refractivity contribution in [2.75, 3.05) is 11.9 Å². The fourth-order valence-corrected chi connectivity index (χ4v) is 2.16. The van der Waals surface area contributed by atoms with Crippen LogP contribution in [0.3, 0.4) is 0 Å². The number of anilines is 1. The molecular weight excluding hydrogens is 324 g/mol. The molecule has 0 aliphatic carbocycles. The van der Waals surface area contributed by atoms with Crippen LogP contribution in [-0.4, -0.2) is 23.5 Å². The minimum atomic E-state index is -0.895. The van der Waals surface area contributed by atoms with Gasteiger partial charge >= 0.3 is 5.69 Å². The van der Waals surface area contributed by atoms with Crippen molar-refractivity contribution in [1.29, 1.82) is 0 Å². The summed E-state index contributed by atoms with van der Waals surface area (Å²) in [7, 11) is 0. The molecule has 2 aromatic rings. The van der Waals surface area contributed by atoms with E-state index in [9.17, 15) is 14.9 Å². The predicted molar refractivity (Wildman–Crippen MR) is 94.2 cm³/mol. The Balaban J connectivity index is 2.04. The number of nitro groups is 1. The van der Waals surface area contributed by atoms with E-state index in [0.717, 1.165) is 5.56 Å². The van der Waals surface area contributed by atoms with E-state index < -0.39 is 16.9 Å². The second-order valence-electron chi connectivity index (χ2n) is 5.44. The zero-order chi connectivity index (χ0) is 18.4. The van der Waals surface area contributed by atoms with Crippen LogP contribution in [0.5, 0.6) is 11.5 Å². The van der Waals surface area contributed by atoms with Gasteiger partial charge in [-0.3, -0.25) is 14.9 Å². The number of carbonyl (C=O) groups is 1. The van der Waals surface area contributed by atoms with Gasteiger partial charge in [-0.25, -0.2) is 0 Å². The van der Waals surface area contributed by atoms with Crippen LogP contribution < -0.4 is 14.8 Å². The summed E-state index contributed by atoms with van der Waals surface area (Å²) in [5.74, 6) is 0.365. The van der Waals surface area contributed by atoms with E-state index in [0.29, 0.717) is 18.0 Å². The second kappa shape index (κ2) is 8.14. The van der Waals surface area contributed by atoms with Crippen LogP contribution in [0.4, 0.5) is 11.4 Å². The van der Waals surface area contributed by atoms with Crippen molar-refractivity contribution < 1.29 is 19.2 Å². The lowest BCUT2D eigenvalue weighted by Gasteiger charge is -2.15. The van der Waals surface area contributed by atoms with Gasteiger partial charge in [0.1, 0.15) is 5.75 Å². The molecular formula is C18H20N2O5. The van der Waals surface area contributed by atoms with Crippen LogP contribution in [-0.2, 0) is 4.79 Å². The third-order valence-electron chi connectivity index (χ3n) is 3.42. The average molecular weight is 344 g/mol. The van der Waals surface area contributed by atoms with Gasteiger partial charge in [0, 0.05) is 11.8 Å². The van der Waals surface area contributed by atoms with Gasteiger partial charge < -0.3 is 14.8 Å². The lowest BCUT2D eigenvalue weighted by molar-refractivity contribution is -0.386. The van der Waals surface area contributed by atoms with E-state index >= 15 is 0 Å². The summed E-state index contributed by atoms with van der Waals surface area (Å²) < 4.78 is 10.8. The largest absolute Gasteiger partial charge is 0.494 e. The molecule has 1 atom stereocenters. The van der Waals surface area contributed by atoms with Crippen molar-refractivity contribution in [3.63, 3.8) is 0 Å². The lowest BCUT2D eigenvalue weighted by Crippen LogP contribution is -2.30. The molecule has 0 aliphatic rings. The Morgan fingerprint density at radius 3 is 2.52 bits per heavy atom. The molecule has 0 unspecified atom stereocenters. The SMILES string of the molecule is CCOc1ccc(NC(=O)[C@H](C)Oc2ccc(C)cc2[N+](=O)[O-])cc1. The van der Waals surface area contributed by atoms with Crippen molar-refractivity contribution in [3.05, 3.63) is 58.1 Å². The smallest absolute Gasteiger partial charge is 0.311 e. The molecule has 2 rings (SSSR count). The van der Waals surface area contributed by atoms with Crippen molar-refractivity contribution in [1.82, 2.24) is 0 Å². The van der Waals surface area contributed by atoms with Gasteiger partial charge in [0.25, 0.3) is 5.91 Å². The molecule has 2 aromatic carbocycles. The highest BCUT2D eigenvalue weighted by molar-refractivity contribution is 5.94. The third-order valence-corrected chi connectivity index (χ3v) is 3.42. The van der Waals surface area contributed by atoms with Gasteiger partial charge in [0.2, 0.25) is 0 Å². The maximum atomic E-state index is 12.2. The number of carbonyl (C=O) groups excluding carboxylic acids is 1. The summed E-state index contributed by atoms with van der Waals surface area (Å²) in [6.07, 6.45) is -0.895. The molecule has 132 valence electrons. The average Bonchev–Trinajstić information content (AvgIpc) is 2.58. The standard InChI is InChI=1S/C18H20N2O5/c1-4-24-15-8-6-14(7-9-15)19-18(21)13(3)25-17-10-5-12(2)11-16(17)20(22)23/h5-11,13H,4H2,1-3H3,(H,19,21)/t13-/m0/s1. The van der Waals surface area contributed by atoms with Crippen molar-refractivity contribution in [3.8, 4) is 11.5 Å². The molecule has 0 aliphatic heterocycles. The summed E-state index contributed by atoms with van der Waals surface area (Å²) in [5.41, 5.74) is 1.16. The number of hydrogen-bond acceptors (Lipinski definition) is 5. The number of aryl methyl sites for hydroxylation is 1. The Bertz CT molecular complexity index is 759. The zero-order valence-corrected chi connectivity index (χ0v) is 14.3. The Kier molecular flexibility index (Phi) is 5.94. The number of nitrogens with zero attached hydrogens (tertiary/aromatic N) is 1. The lowest BCUT2D eigenvalue weighted by atomic mass is 10.2. The van der Waals surface area contributed by atoms with Crippen LogP contribution in [0, 0.1) is 17.0 Å². The molecule has 0 radical (unpaired) electrons. The van der Waals surface area contributed by atoms with E-state index in [1.54, 1.807) is 37.3 Å². The zero-order valence-electron chi connectivity index (χ0n) is 14.3. The number of nitro benzene ring substituents is 1. The molecule has 0 heterocycles. The molecule has 0 saturated heterocycles. The van der Waals surface area contributed by atoms with Crippen LogP contribution in [0.15, 0.2) is 42.5 Å². The van der Waals surface area contributed by atoms with E-state index in [4.69, 9.17) is 9.47 Å². The highest BCUT2D eigenvalue weighted by Crippen LogP contribution is 2.28. The molecule has 1 N–H and O–H groups in total.